The van der Waals surface area contributed by atoms with E-state index in [4.69, 9.17) is 4.74 Å². The lowest BCUT2D eigenvalue weighted by Gasteiger charge is -2.32. The van der Waals surface area contributed by atoms with Gasteiger partial charge in [0.15, 0.2) is 0 Å². The molecule has 4 rings (SSSR count). The van der Waals surface area contributed by atoms with Crippen LogP contribution in [0.25, 0.3) is 11.1 Å². The first kappa shape index (κ1) is 24.5. The fourth-order valence-electron chi connectivity index (χ4n) is 4.44. The summed E-state index contributed by atoms with van der Waals surface area (Å²) in [6.45, 7) is 3.68. The summed E-state index contributed by atoms with van der Waals surface area (Å²) in [4.78, 5) is 28.1. The fraction of sp³-hybridized carbons (Fsp3) is 0.310. The predicted molar refractivity (Wildman–Crippen MR) is 140 cm³/mol. The summed E-state index contributed by atoms with van der Waals surface area (Å²) in [6, 6.07) is 23.8. The van der Waals surface area contributed by atoms with Gasteiger partial charge in [-0.2, -0.15) is 0 Å². The number of rotatable bonds is 7. The highest BCUT2D eigenvalue weighted by Crippen LogP contribution is 2.28. The van der Waals surface area contributed by atoms with E-state index in [0.29, 0.717) is 24.3 Å². The van der Waals surface area contributed by atoms with Crippen molar-refractivity contribution in [3.8, 4) is 16.9 Å². The molecule has 6 nitrogen and oxygen atoms in total. The minimum absolute atomic E-state index is 0.0126. The molecule has 0 unspecified atom stereocenters. The van der Waals surface area contributed by atoms with E-state index >= 15 is 0 Å². The maximum absolute atomic E-state index is 12.9. The topological polar surface area (TPSA) is 61.9 Å². The number of piperidine rings is 1. The van der Waals surface area contributed by atoms with E-state index in [0.717, 1.165) is 25.1 Å². The number of nitrogens with one attached hydrogen (secondary N) is 1. The average Bonchev–Trinajstić information content (AvgIpc) is 2.85. The molecule has 3 aromatic carbocycles. The summed E-state index contributed by atoms with van der Waals surface area (Å²) in [5.74, 6) is 0.741. The lowest BCUT2D eigenvalue weighted by Crippen LogP contribution is -2.41. The minimum Gasteiger partial charge on any atom is -0.490 e. The lowest BCUT2D eigenvalue weighted by atomic mass is 9.99. The number of anilines is 1. The molecule has 0 aliphatic carbocycles. The van der Waals surface area contributed by atoms with Gasteiger partial charge in [-0.05, 0) is 67.2 Å². The van der Waals surface area contributed by atoms with E-state index in [9.17, 15) is 9.59 Å². The summed E-state index contributed by atoms with van der Waals surface area (Å²) in [6.07, 6.45) is 1.68. The quantitative estimate of drug-likeness (QED) is 0.523. The molecule has 2 amide bonds. The van der Waals surface area contributed by atoms with Gasteiger partial charge in [0.2, 0.25) is 5.91 Å². The summed E-state index contributed by atoms with van der Waals surface area (Å²) >= 11 is 0. The van der Waals surface area contributed by atoms with Crippen LogP contribution in [0.1, 0.15) is 35.7 Å². The van der Waals surface area contributed by atoms with Gasteiger partial charge in [-0.1, -0.05) is 36.4 Å². The first-order valence-corrected chi connectivity index (χ1v) is 12.1. The number of ether oxygens (including phenoxy) is 1. The molecule has 6 heteroatoms. The van der Waals surface area contributed by atoms with E-state index in [1.165, 1.54) is 23.6 Å². The molecule has 1 fully saturated rings. The average molecular weight is 472 g/mol. The van der Waals surface area contributed by atoms with Crippen molar-refractivity contribution >= 4 is 17.5 Å². The van der Waals surface area contributed by atoms with Gasteiger partial charge in [0.05, 0.1) is 0 Å². The van der Waals surface area contributed by atoms with Gasteiger partial charge < -0.3 is 19.9 Å². The Morgan fingerprint density at radius 1 is 0.943 bits per heavy atom. The van der Waals surface area contributed by atoms with Gasteiger partial charge in [-0.15, -0.1) is 0 Å². The van der Waals surface area contributed by atoms with E-state index in [-0.39, 0.29) is 17.9 Å². The van der Waals surface area contributed by atoms with Crippen molar-refractivity contribution in [2.24, 2.45) is 0 Å². The van der Waals surface area contributed by atoms with Crippen LogP contribution in [0.15, 0.2) is 72.8 Å². The van der Waals surface area contributed by atoms with E-state index < -0.39 is 0 Å². The Morgan fingerprint density at radius 3 is 2.23 bits per heavy atom. The van der Waals surface area contributed by atoms with E-state index in [1.807, 2.05) is 17.0 Å². The maximum atomic E-state index is 12.9. The largest absolute Gasteiger partial charge is 0.490 e. The van der Waals surface area contributed by atoms with Gasteiger partial charge in [0.25, 0.3) is 5.91 Å². The molecular formula is C29H33N3O3. The standard InChI is InChI=1S/C29H33N3O3/c1-21(33)30-25-12-8-23(9-13-25)29(34)32-18-16-27(17-19-32)35-26-14-10-22(11-15-26)28-7-5-4-6-24(28)20-31(2)3/h4-15,27H,16-20H2,1-3H3,(H,30,33). The lowest BCUT2D eigenvalue weighted by molar-refractivity contribution is -0.114. The minimum atomic E-state index is -0.130. The zero-order valence-electron chi connectivity index (χ0n) is 20.7. The Balaban J connectivity index is 1.31. The number of benzene rings is 3. The second kappa shape index (κ2) is 11.2. The van der Waals surface area contributed by atoms with Crippen LogP contribution in [0.4, 0.5) is 5.69 Å². The molecule has 1 aliphatic heterocycles. The van der Waals surface area contributed by atoms with Crippen molar-refractivity contribution < 1.29 is 14.3 Å². The van der Waals surface area contributed by atoms with Crippen molar-refractivity contribution in [1.29, 1.82) is 0 Å². The van der Waals surface area contributed by atoms with Crippen LogP contribution in [0.3, 0.4) is 0 Å². The van der Waals surface area contributed by atoms with Crippen LogP contribution in [-0.4, -0.2) is 54.9 Å². The number of amides is 2. The molecule has 0 radical (unpaired) electrons. The highest BCUT2D eigenvalue weighted by Gasteiger charge is 2.24. The molecule has 1 aliphatic rings. The van der Waals surface area contributed by atoms with E-state index in [1.54, 1.807) is 24.3 Å². The summed E-state index contributed by atoms with van der Waals surface area (Å²) in [7, 11) is 4.16. The second-order valence-corrected chi connectivity index (χ2v) is 9.29. The summed E-state index contributed by atoms with van der Waals surface area (Å²) < 4.78 is 6.24. The van der Waals surface area contributed by atoms with Gasteiger partial charge in [0.1, 0.15) is 11.9 Å². The van der Waals surface area contributed by atoms with Crippen molar-refractivity contribution in [1.82, 2.24) is 9.80 Å². The third kappa shape index (κ3) is 6.49. The normalized spacial score (nSPS) is 14.1. The first-order chi connectivity index (χ1) is 16.9. The summed E-state index contributed by atoms with van der Waals surface area (Å²) in [5.41, 5.74) is 5.04. The summed E-state index contributed by atoms with van der Waals surface area (Å²) in [5, 5.41) is 2.72. The van der Waals surface area contributed by atoms with Crippen molar-refractivity contribution in [2.45, 2.75) is 32.4 Å². The van der Waals surface area contributed by atoms with Crippen molar-refractivity contribution in [3.63, 3.8) is 0 Å². The Bertz CT molecular complexity index is 1150. The van der Waals surface area contributed by atoms with Crippen LogP contribution >= 0.6 is 0 Å². The highest BCUT2D eigenvalue weighted by molar-refractivity contribution is 5.95. The number of carbonyl (C=O) groups is 2. The number of carbonyl (C=O) groups excluding carboxylic acids is 2. The molecule has 0 bridgehead atoms. The Morgan fingerprint density at radius 2 is 1.60 bits per heavy atom. The second-order valence-electron chi connectivity index (χ2n) is 9.29. The molecule has 182 valence electrons. The third-order valence-corrected chi connectivity index (χ3v) is 6.15. The zero-order chi connectivity index (χ0) is 24.8. The van der Waals surface area contributed by atoms with Crippen LogP contribution < -0.4 is 10.1 Å². The van der Waals surface area contributed by atoms with Gasteiger partial charge in [0, 0.05) is 50.7 Å². The molecule has 0 saturated carbocycles. The fourth-order valence-corrected chi connectivity index (χ4v) is 4.44. The molecule has 35 heavy (non-hydrogen) atoms. The monoisotopic (exact) mass is 471 g/mol. The Labute approximate surface area is 207 Å². The predicted octanol–water partition coefficient (Wildman–Crippen LogP) is 5.06. The molecule has 1 heterocycles. The molecule has 0 spiro atoms. The number of likely N-dealkylation sites (tertiary alicyclic amines) is 1. The molecule has 1 N–H and O–H groups in total. The van der Waals surface area contributed by atoms with E-state index in [2.05, 4.69) is 60.7 Å². The van der Waals surface area contributed by atoms with Gasteiger partial charge in [-0.3, -0.25) is 9.59 Å². The number of nitrogens with zero attached hydrogens (tertiary/aromatic N) is 2. The van der Waals surface area contributed by atoms with Crippen molar-refractivity contribution in [3.05, 3.63) is 83.9 Å². The maximum Gasteiger partial charge on any atom is 0.253 e. The zero-order valence-corrected chi connectivity index (χ0v) is 20.7. The van der Waals surface area contributed by atoms with Gasteiger partial charge >= 0.3 is 0 Å². The highest BCUT2D eigenvalue weighted by atomic mass is 16.5. The molecule has 0 atom stereocenters. The first-order valence-electron chi connectivity index (χ1n) is 12.1. The molecule has 3 aromatic rings. The van der Waals surface area contributed by atoms with Crippen LogP contribution in [0, 0.1) is 0 Å². The Hall–Kier alpha value is -3.64. The van der Waals surface area contributed by atoms with Crippen molar-refractivity contribution in [2.75, 3.05) is 32.5 Å². The van der Waals surface area contributed by atoms with Crippen LogP contribution in [0.5, 0.6) is 5.75 Å². The molecular weight excluding hydrogens is 438 g/mol. The Kier molecular flexibility index (Phi) is 7.83. The van der Waals surface area contributed by atoms with Crippen LogP contribution in [0.2, 0.25) is 0 Å². The SMILES string of the molecule is CC(=O)Nc1ccc(C(=O)N2CCC(Oc3ccc(-c4ccccc4CN(C)C)cc3)CC2)cc1. The third-order valence-electron chi connectivity index (χ3n) is 6.15. The van der Waals surface area contributed by atoms with Crippen LogP contribution in [-0.2, 0) is 11.3 Å². The van der Waals surface area contributed by atoms with Gasteiger partial charge in [-0.25, -0.2) is 0 Å². The molecule has 0 aromatic heterocycles. The molecule has 1 saturated heterocycles. The number of hydrogen-bond donors (Lipinski definition) is 1. The smallest absolute Gasteiger partial charge is 0.253 e. The number of hydrogen-bond acceptors (Lipinski definition) is 4.